The number of unbranched alkanes of at least 4 members (excludes halogenated alkanes) is 43. The maximum Gasteiger partial charge on any atom is 0.306 e. The van der Waals surface area contributed by atoms with E-state index >= 15 is 0 Å². The first-order valence-electron chi connectivity index (χ1n) is 33.6. The van der Waals surface area contributed by atoms with Crippen LogP contribution in [0.5, 0.6) is 0 Å². The molecule has 444 valence electrons. The molecule has 0 aromatic rings. The Balaban J connectivity index is 4.34. The van der Waals surface area contributed by atoms with Gasteiger partial charge in [-0.3, -0.25) is 14.4 Å². The highest BCUT2D eigenvalue weighted by Crippen LogP contribution is 2.18. The maximum atomic E-state index is 12.9. The molecular weight excluding hydrogens is 937 g/mol. The number of hydrogen-bond donors (Lipinski definition) is 0. The van der Waals surface area contributed by atoms with E-state index in [-0.39, 0.29) is 31.1 Å². The van der Waals surface area contributed by atoms with Crippen LogP contribution in [-0.2, 0) is 28.6 Å². The molecule has 0 aromatic heterocycles. The van der Waals surface area contributed by atoms with Crippen molar-refractivity contribution in [3.63, 3.8) is 0 Å². The predicted octanol–water partition coefficient (Wildman–Crippen LogP) is 22.9. The van der Waals surface area contributed by atoms with Crippen molar-refractivity contribution in [2.45, 2.75) is 367 Å². The Morgan fingerprint density at radius 3 is 0.737 bits per heavy atom. The summed E-state index contributed by atoms with van der Waals surface area (Å²) >= 11 is 0. The Labute approximate surface area is 473 Å². The third kappa shape index (κ3) is 62.2. The Morgan fingerprint density at radius 2 is 0.474 bits per heavy atom. The fourth-order valence-electron chi connectivity index (χ4n) is 9.98. The number of carbonyl (C=O) groups is 3. The molecule has 0 N–H and O–H groups in total. The molecule has 0 amide bonds. The molecule has 0 saturated carbocycles. The van der Waals surface area contributed by atoms with E-state index < -0.39 is 6.10 Å². The number of hydrogen-bond acceptors (Lipinski definition) is 6. The number of carbonyl (C=O) groups excluding carboxylic acids is 3. The van der Waals surface area contributed by atoms with E-state index in [4.69, 9.17) is 14.2 Å². The summed E-state index contributed by atoms with van der Waals surface area (Å²) in [6, 6.07) is 0. The van der Waals surface area contributed by atoms with Crippen LogP contribution in [0.15, 0.2) is 48.6 Å². The fraction of sp³-hybridized carbons (Fsp3) is 0.843. The third-order valence-electron chi connectivity index (χ3n) is 15.1. The van der Waals surface area contributed by atoms with Crippen LogP contribution < -0.4 is 0 Å². The van der Waals surface area contributed by atoms with Gasteiger partial charge in [0.25, 0.3) is 0 Å². The summed E-state index contributed by atoms with van der Waals surface area (Å²) in [7, 11) is 0. The second kappa shape index (κ2) is 64.9. The van der Waals surface area contributed by atoms with Gasteiger partial charge in [-0.05, 0) is 83.5 Å². The molecule has 0 spiro atoms. The van der Waals surface area contributed by atoms with Gasteiger partial charge in [-0.1, -0.05) is 307 Å². The Bertz CT molecular complexity index is 1310. The monoisotopic (exact) mass is 1060 g/mol. The maximum absolute atomic E-state index is 12.9. The van der Waals surface area contributed by atoms with Crippen LogP contribution in [-0.4, -0.2) is 37.2 Å². The quantitative estimate of drug-likeness (QED) is 0.0261. The molecule has 6 heteroatoms. The van der Waals surface area contributed by atoms with Crippen molar-refractivity contribution < 1.29 is 28.6 Å². The summed E-state index contributed by atoms with van der Waals surface area (Å²) in [5, 5.41) is 0. The zero-order valence-electron chi connectivity index (χ0n) is 51.0. The van der Waals surface area contributed by atoms with Gasteiger partial charge in [0.2, 0.25) is 0 Å². The zero-order chi connectivity index (χ0) is 55.0. The van der Waals surface area contributed by atoms with Crippen LogP contribution in [0.2, 0.25) is 0 Å². The van der Waals surface area contributed by atoms with Crippen molar-refractivity contribution >= 4 is 17.9 Å². The van der Waals surface area contributed by atoms with Gasteiger partial charge in [-0.25, -0.2) is 0 Å². The van der Waals surface area contributed by atoms with Gasteiger partial charge in [0, 0.05) is 19.3 Å². The van der Waals surface area contributed by atoms with E-state index in [1.54, 1.807) is 0 Å². The first-order valence-corrected chi connectivity index (χ1v) is 33.6. The van der Waals surface area contributed by atoms with Gasteiger partial charge >= 0.3 is 17.9 Å². The van der Waals surface area contributed by atoms with Gasteiger partial charge in [-0.15, -0.1) is 0 Å². The lowest BCUT2D eigenvalue weighted by Crippen LogP contribution is -2.30. The molecule has 0 bridgehead atoms. The van der Waals surface area contributed by atoms with E-state index in [0.29, 0.717) is 19.3 Å². The number of rotatable bonds is 62. The molecular formula is C70H128O6. The second-order valence-electron chi connectivity index (χ2n) is 22.7. The van der Waals surface area contributed by atoms with Crippen LogP contribution in [0.1, 0.15) is 361 Å². The van der Waals surface area contributed by atoms with Crippen LogP contribution in [0.3, 0.4) is 0 Å². The molecule has 0 rings (SSSR count). The van der Waals surface area contributed by atoms with E-state index in [2.05, 4.69) is 69.4 Å². The van der Waals surface area contributed by atoms with Crippen LogP contribution in [0.25, 0.3) is 0 Å². The Hall–Kier alpha value is -2.63. The first kappa shape index (κ1) is 73.4. The Morgan fingerprint density at radius 1 is 0.263 bits per heavy atom. The predicted molar refractivity (Wildman–Crippen MR) is 330 cm³/mol. The Kier molecular flexibility index (Phi) is 62.6. The second-order valence-corrected chi connectivity index (χ2v) is 22.7. The third-order valence-corrected chi connectivity index (χ3v) is 15.1. The largest absolute Gasteiger partial charge is 0.462 e. The van der Waals surface area contributed by atoms with Gasteiger partial charge in [0.1, 0.15) is 13.2 Å². The topological polar surface area (TPSA) is 78.9 Å². The van der Waals surface area contributed by atoms with Gasteiger partial charge in [-0.2, -0.15) is 0 Å². The van der Waals surface area contributed by atoms with Crippen molar-refractivity contribution in [3.05, 3.63) is 48.6 Å². The van der Waals surface area contributed by atoms with Crippen LogP contribution >= 0.6 is 0 Å². The summed E-state index contributed by atoms with van der Waals surface area (Å²) < 4.78 is 17.0. The van der Waals surface area contributed by atoms with Crippen molar-refractivity contribution in [1.82, 2.24) is 0 Å². The molecule has 0 fully saturated rings. The highest BCUT2D eigenvalue weighted by atomic mass is 16.6. The lowest BCUT2D eigenvalue weighted by Gasteiger charge is -2.18. The van der Waals surface area contributed by atoms with E-state index in [1.807, 2.05) is 0 Å². The molecule has 0 saturated heterocycles. The minimum Gasteiger partial charge on any atom is -0.462 e. The standard InChI is InChI=1S/C70H128O6/c1-4-7-10-13-16-19-22-25-28-31-33-35-37-39-42-45-48-51-54-57-60-63-69(72)75-66-67(65-74-68(71)62-59-56-53-50-47-44-41-30-27-24-21-18-15-12-9-6-3)76-70(73)64-61-58-55-52-49-46-43-40-38-36-34-32-29-26-23-20-17-14-11-8-5-2/h21-22,24-25,30-31,33,41,67H,4-20,23,26-29,32,34-40,42-66H2,1-3H3/b24-21-,25-22-,33-31-,41-30-. The van der Waals surface area contributed by atoms with Gasteiger partial charge in [0.05, 0.1) is 0 Å². The highest BCUT2D eigenvalue weighted by molar-refractivity contribution is 5.71. The number of esters is 3. The van der Waals surface area contributed by atoms with Gasteiger partial charge < -0.3 is 14.2 Å². The summed E-state index contributed by atoms with van der Waals surface area (Å²) in [6.07, 6.45) is 81.2. The minimum atomic E-state index is -0.780. The lowest BCUT2D eigenvalue weighted by molar-refractivity contribution is -0.167. The normalized spacial score (nSPS) is 12.3. The minimum absolute atomic E-state index is 0.0764. The molecule has 76 heavy (non-hydrogen) atoms. The molecule has 0 aliphatic carbocycles. The van der Waals surface area contributed by atoms with E-state index in [0.717, 1.165) is 83.5 Å². The molecule has 0 aliphatic rings. The smallest absolute Gasteiger partial charge is 0.306 e. The fourth-order valence-corrected chi connectivity index (χ4v) is 9.98. The molecule has 6 nitrogen and oxygen atoms in total. The van der Waals surface area contributed by atoms with Crippen molar-refractivity contribution in [2.24, 2.45) is 0 Å². The molecule has 0 aliphatic heterocycles. The van der Waals surface area contributed by atoms with Crippen molar-refractivity contribution in [3.8, 4) is 0 Å². The van der Waals surface area contributed by atoms with Crippen LogP contribution in [0, 0.1) is 0 Å². The summed E-state index contributed by atoms with van der Waals surface area (Å²) in [5.74, 6) is -0.870. The highest BCUT2D eigenvalue weighted by Gasteiger charge is 2.19. The van der Waals surface area contributed by atoms with Gasteiger partial charge in [0.15, 0.2) is 6.10 Å². The van der Waals surface area contributed by atoms with Crippen LogP contribution in [0.4, 0.5) is 0 Å². The average molecular weight is 1070 g/mol. The first-order chi connectivity index (χ1) is 37.5. The average Bonchev–Trinajstić information content (AvgIpc) is 3.42. The van der Waals surface area contributed by atoms with Crippen molar-refractivity contribution in [1.29, 1.82) is 0 Å². The molecule has 1 atom stereocenters. The molecule has 0 aromatic carbocycles. The SMILES string of the molecule is CCCCCC/C=C\C/C=C\CCCCCCCC(=O)OCC(COC(=O)CCCCCCCCCCC/C=C\C/C=C\CCCCCCC)OC(=O)CCCCCCCCCCCCCCCCCCCCCCC. The number of allylic oxidation sites excluding steroid dienone is 8. The molecule has 1 unspecified atom stereocenters. The molecule has 0 radical (unpaired) electrons. The van der Waals surface area contributed by atoms with E-state index in [9.17, 15) is 14.4 Å². The zero-order valence-corrected chi connectivity index (χ0v) is 51.0. The van der Waals surface area contributed by atoms with E-state index in [1.165, 1.54) is 238 Å². The number of ether oxygens (including phenoxy) is 3. The summed E-state index contributed by atoms with van der Waals surface area (Å²) in [5.41, 5.74) is 0. The lowest BCUT2D eigenvalue weighted by atomic mass is 10.0. The molecule has 0 heterocycles. The summed E-state index contributed by atoms with van der Waals surface area (Å²) in [6.45, 7) is 6.66. The summed E-state index contributed by atoms with van der Waals surface area (Å²) in [4.78, 5) is 38.4. The van der Waals surface area contributed by atoms with Crippen molar-refractivity contribution in [2.75, 3.05) is 13.2 Å².